The van der Waals surface area contributed by atoms with Crippen molar-refractivity contribution in [1.29, 1.82) is 0 Å². The van der Waals surface area contributed by atoms with Gasteiger partial charge in [0, 0.05) is 26.9 Å². The molecule has 0 aliphatic heterocycles. The molecule has 0 aliphatic rings. The van der Waals surface area contributed by atoms with E-state index < -0.39 is 0 Å². The third-order valence-corrected chi connectivity index (χ3v) is 4.61. The van der Waals surface area contributed by atoms with Gasteiger partial charge in [-0.15, -0.1) is 11.3 Å². The summed E-state index contributed by atoms with van der Waals surface area (Å²) in [6.45, 7) is 0. The van der Waals surface area contributed by atoms with E-state index in [1.165, 1.54) is 11.3 Å². The SMILES string of the molecule is O=C(Cc1ccc(Br)cc1Cl)c1csc(Br)c1. The quantitative estimate of drug-likeness (QED) is 0.641. The van der Waals surface area contributed by atoms with Gasteiger partial charge in [0.25, 0.3) is 0 Å². The van der Waals surface area contributed by atoms with E-state index in [9.17, 15) is 4.79 Å². The Bertz CT molecular complexity index is 565. The third kappa shape index (κ3) is 3.41. The summed E-state index contributed by atoms with van der Waals surface area (Å²) in [4.78, 5) is 12.0. The number of benzene rings is 1. The zero-order valence-corrected chi connectivity index (χ0v) is 13.3. The van der Waals surface area contributed by atoms with Crippen molar-refractivity contribution in [3.63, 3.8) is 0 Å². The van der Waals surface area contributed by atoms with Crippen molar-refractivity contribution < 1.29 is 4.79 Å². The lowest BCUT2D eigenvalue weighted by molar-refractivity contribution is 0.0993. The molecule has 0 unspecified atom stereocenters. The topological polar surface area (TPSA) is 17.1 Å². The molecule has 0 atom stereocenters. The molecule has 88 valence electrons. The largest absolute Gasteiger partial charge is 0.294 e. The molecule has 0 radical (unpaired) electrons. The zero-order valence-electron chi connectivity index (χ0n) is 8.54. The lowest BCUT2D eigenvalue weighted by atomic mass is 10.1. The Balaban J connectivity index is 2.18. The van der Waals surface area contributed by atoms with Gasteiger partial charge in [0.15, 0.2) is 5.78 Å². The van der Waals surface area contributed by atoms with Crippen LogP contribution in [0.2, 0.25) is 5.02 Å². The Morgan fingerprint density at radius 1 is 1.29 bits per heavy atom. The Hall–Kier alpha value is -0.160. The highest BCUT2D eigenvalue weighted by Gasteiger charge is 2.11. The molecule has 0 N–H and O–H groups in total. The smallest absolute Gasteiger partial charge is 0.168 e. The number of halogens is 3. The lowest BCUT2D eigenvalue weighted by Gasteiger charge is -2.03. The number of carbonyl (C=O) groups excluding carboxylic acids is 1. The van der Waals surface area contributed by atoms with Gasteiger partial charge in [0.1, 0.15) is 0 Å². The highest BCUT2D eigenvalue weighted by Crippen LogP contribution is 2.25. The standard InChI is InChI=1S/C12H7Br2ClOS/c13-9-2-1-7(10(15)5-9)3-11(16)8-4-12(14)17-6-8/h1-2,4-6H,3H2. The van der Waals surface area contributed by atoms with Gasteiger partial charge in [0.05, 0.1) is 3.79 Å². The minimum Gasteiger partial charge on any atom is -0.294 e. The van der Waals surface area contributed by atoms with Crippen LogP contribution in [-0.2, 0) is 6.42 Å². The summed E-state index contributed by atoms with van der Waals surface area (Å²) in [6, 6.07) is 7.39. The first kappa shape index (κ1) is 13.3. The highest BCUT2D eigenvalue weighted by molar-refractivity contribution is 9.11. The first-order chi connectivity index (χ1) is 8.06. The second-order valence-corrected chi connectivity index (χ2v) is 7.09. The average Bonchev–Trinajstić information content (AvgIpc) is 2.69. The lowest BCUT2D eigenvalue weighted by Crippen LogP contribution is -2.02. The van der Waals surface area contributed by atoms with Crippen LogP contribution < -0.4 is 0 Å². The fourth-order valence-electron chi connectivity index (χ4n) is 1.40. The molecule has 1 heterocycles. The zero-order chi connectivity index (χ0) is 12.4. The highest BCUT2D eigenvalue weighted by atomic mass is 79.9. The van der Waals surface area contributed by atoms with Crippen LogP contribution in [0.15, 0.2) is 37.9 Å². The molecule has 0 saturated heterocycles. The van der Waals surface area contributed by atoms with Crippen molar-refractivity contribution in [2.24, 2.45) is 0 Å². The Labute approximate surface area is 125 Å². The third-order valence-electron chi connectivity index (χ3n) is 2.26. The van der Waals surface area contributed by atoms with Crippen molar-refractivity contribution in [3.8, 4) is 0 Å². The molecule has 0 spiro atoms. The van der Waals surface area contributed by atoms with Crippen LogP contribution in [0.4, 0.5) is 0 Å². The predicted octanol–water partition coefficient (Wildman–Crippen LogP) is 5.35. The molecule has 17 heavy (non-hydrogen) atoms. The maximum absolute atomic E-state index is 12.0. The van der Waals surface area contributed by atoms with Crippen molar-refractivity contribution in [2.75, 3.05) is 0 Å². The number of hydrogen-bond donors (Lipinski definition) is 0. The molecule has 1 aromatic carbocycles. The number of hydrogen-bond acceptors (Lipinski definition) is 2. The molecule has 2 rings (SSSR count). The molecule has 0 aliphatic carbocycles. The monoisotopic (exact) mass is 392 g/mol. The minimum absolute atomic E-state index is 0.0798. The van der Waals surface area contributed by atoms with Gasteiger partial charge >= 0.3 is 0 Å². The Morgan fingerprint density at radius 3 is 2.65 bits per heavy atom. The van der Waals surface area contributed by atoms with E-state index in [4.69, 9.17) is 11.6 Å². The first-order valence-electron chi connectivity index (χ1n) is 4.77. The predicted molar refractivity (Wildman–Crippen MR) is 79.2 cm³/mol. The average molecular weight is 395 g/mol. The Kier molecular flexibility index (Phi) is 4.42. The van der Waals surface area contributed by atoms with E-state index in [1.54, 1.807) is 6.07 Å². The van der Waals surface area contributed by atoms with E-state index >= 15 is 0 Å². The summed E-state index contributed by atoms with van der Waals surface area (Å²) in [5, 5.41) is 2.46. The summed E-state index contributed by atoms with van der Waals surface area (Å²) in [7, 11) is 0. The number of rotatable bonds is 3. The fraction of sp³-hybridized carbons (Fsp3) is 0.0833. The van der Waals surface area contributed by atoms with E-state index in [0.29, 0.717) is 11.4 Å². The van der Waals surface area contributed by atoms with Crippen LogP contribution in [0, 0.1) is 0 Å². The minimum atomic E-state index is 0.0798. The fourth-order valence-corrected chi connectivity index (χ4v) is 3.30. The van der Waals surface area contributed by atoms with Crippen LogP contribution in [-0.4, -0.2) is 5.78 Å². The van der Waals surface area contributed by atoms with Crippen LogP contribution in [0.25, 0.3) is 0 Å². The maximum atomic E-state index is 12.0. The van der Waals surface area contributed by atoms with Crippen molar-refractivity contribution in [2.45, 2.75) is 6.42 Å². The van der Waals surface area contributed by atoms with Crippen molar-refractivity contribution in [1.82, 2.24) is 0 Å². The van der Waals surface area contributed by atoms with Gasteiger partial charge in [-0.2, -0.15) is 0 Å². The normalized spacial score (nSPS) is 10.5. The maximum Gasteiger partial charge on any atom is 0.168 e. The van der Waals surface area contributed by atoms with Gasteiger partial charge in [-0.25, -0.2) is 0 Å². The second-order valence-electron chi connectivity index (χ2n) is 3.48. The number of ketones is 1. The van der Waals surface area contributed by atoms with Crippen LogP contribution in [0.1, 0.15) is 15.9 Å². The molecule has 1 aromatic heterocycles. The van der Waals surface area contributed by atoms with Crippen LogP contribution in [0.5, 0.6) is 0 Å². The summed E-state index contributed by atoms with van der Waals surface area (Å²) in [5.41, 5.74) is 1.57. The summed E-state index contributed by atoms with van der Waals surface area (Å²) < 4.78 is 1.87. The number of thiophene rings is 1. The van der Waals surface area contributed by atoms with Gasteiger partial charge < -0.3 is 0 Å². The van der Waals surface area contributed by atoms with E-state index in [2.05, 4.69) is 31.9 Å². The van der Waals surface area contributed by atoms with Crippen LogP contribution in [0.3, 0.4) is 0 Å². The molecule has 2 aromatic rings. The molecule has 5 heteroatoms. The van der Waals surface area contributed by atoms with Gasteiger partial charge in [0.2, 0.25) is 0 Å². The van der Waals surface area contributed by atoms with E-state index in [1.807, 2.05) is 23.6 Å². The summed E-state index contributed by atoms with van der Waals surface area (Å²) in [6.07, 6.45) is 0.329. The molecular weight excluding hydrogens is 387 g/mol. The van der Waals surface area contributed by atoms with Gasteiger partial charge in [-0.05, 0) is 39.7 Å². The molecule has 1 nitrogen and oxygen atoms in total. The molecule has 0 amide bonds. The van der Waals surface area contributed by atoms with Crippen LogP contribution >= 0.6 is 54.8 Å². The summed E-state index contributed by atoms with van der Waals surface area (Å²) >= 11 is 14.3. The van der Waals surface area contributed by atoms with E-state index in [0.717, 1.165) is 19.4 Å². The second kappa shape index (κ2) is 5.65. The molecule has 0 saturated carbocycles. The number of Topliss-reactive ketones (excluding diaryl/α,β-unsaturated/α-hetero) is 1. The van der Waals surface area contributed by atoms with E-state index in [-0.39, 0.29) is 5.78 Å². The number of carbonyl (C=O) groups is 1. The molecular formula is C12H7Br2ClOS. The van der Waals surface area contributed by atoms with Crippen molar-refractivity contribution in [3.05, 3.63) is 54.1 Å². The molecule has 0 fully saturated rings. The molecule has 0 bridgehead atoms. The van der Waals surface area contributed by atoms with Gasteiger partial charge in [-0.3, -0.25) is 4.79 Å². The van der Waals surface area contributed by atoms with Crippen molar-refractivity contribution >= 4 is 60.6 Å². The Morgan fingerprint density at radius 2 is 2.06 bits per heavy atom. The van der Waals surface area contributed by atoms with Gasteiger partial charge in [-0.1, -0.05) is 33.6 Å². The first-order valence-corrected chi connectivity index (χ1v) is 7.62. The summed E-state index contributed by atoms with van der Waals surface area (Å²) in [5.74, 6) is 0.0798.